The van der Waals surface area contributed by atoms with Gasteiger partial charge in [-0.2, -0.15) is 0 Å². The molecule has 128 valence electrons. The van der Waals surface area contributed by atoms with Gasteiger partial charge in [-0.3, -0.25) is 4.79 Å². The number of phenols is 1. The zero-order valence-corrected chi connectivity index (χ0v) is 14.1. The number of nitrogens with zero attached hydrogens (tertiary/aromatic N) is 1. The fourth-order valence-corrected chi connectivity index (χ4v) is 3.49. The average molecular weight is 335 g/mol. The van der Waals surface area contributed by atoms with Crippen molar-refractivity contribution >= 4 is 17.5 Å². The van der Waals surface area contributed by atoms with Crippen LogP contribution in [0.4, 0.5) is 5.69 Å². The minimum Gasteiger partial charge on any atom is -0.508 e. The first kappa shape index (κ1) is 15.9. The highest BCUT2D eigenvalue weighted by atomic mass is 16.5. The zero-order valence-electron chi connectivity index (χ0n) is 14.1. The summed E-state index contributed by atoms with van der Waals surface area (Å²) in [5, 5.41) is 9.65. The second kappa shape index (κ2) is 6.73. The van der Waals surface area contributed by atoms with Crippen molar-refractivity contribution in [3.05, 3.63) is 64.7 Å². The van der Waals surface area contributed by atoms with Crippen molar-refractivity contribution in [1.82, 2.24) is 0 Å². The average Bonchev–Trinajstić information content (AvgIpc) is 2.66. The van der Waals surface area contributed by atoms with Crippen LogP contribution in [0.25, 0.3) is 6.08 Å². The first-order valence-electron chi connectivity index (χ1n) is 8.71. The molecule has 1 fully saturated rings. The lowest BCUT2D eigenvalue weighted by molar-refractivity contribution is 0.102. The van der Waals surface area contributed by atoms with E-state index in [0.29, 0.717) is 5.56 Å². The van der Waals surface area contributed by atoms with Crippen LogP contribution in [0.3, 0.4) is 0 Å². The number of carbonyl (C=O) groups is 1. The highest BCUT2D eigenvalue weighted by molar-refractivity contribution is 6.13. The number of Topliss-reactive ketones (excluding diaryl/α,β-unsaturated/α-hetero) is 1. The largest absolute Gasteiger partial charge is 0.508 e. The molecule has 25 heavy (non-hydrogen) atoms. The summed E-state index contributed by atoms with van der Waals surface area (Å²) in [6.45, 7) is 3.37. The van der Waals surface area contributed by atoms with Gasteiger partial charge in [-0.15, -0.1) is 0 Å². The van der Waals surface area contributed by atoms with E-state index in [-0.39, 0.29) is 11.5 Å². The summed E-state index contributed by atoms with van der Waals surface area (Å²) in [6.07, 6.45) is 3.54. The number of rotatable bonds is 2. The molecule has 0 saturated carbocycles. The monoisotopic (exact) mass is 335 g/mol. The van der Waals surface area contributed by atoms with Crippen LogP contribution in [0, 0.1) is 0 Å². The Morgan fingerprint density at radius 1 is 1.00 bits per heavy atom. The molecule has 4 rings (SSSR count). The molecule has 2 aromatic rings. The van der Waals surface area contributed by atoms with Crippen LogP contribution < -0.4 is 4.90 Å². The van der Waals surface area contributed by atoms with Gasteiger partial charge in [0.15, 0.2) is 5.78 Å². The third-order valence-corrected chi connectivity index (χ3v) is 4.90. The van der Waals surface area contributed by atoms with E-state index in [4.69, 9.17) is 4.74 Å². The minimum absolute atomic E-state index is 0.0226. The van der Waals surface area contributed by atoms with Crippen molar-refractivity contribution in [2.45, 2.75) is 12.8 Å². The number of morpholine rings is 1. The lowest BCUT2D eigenvalue weighted by Crippen LogP contribution is -2.36. The van der Waals surface area contributed by atoms with E-state index in [9.17, 15) is 9.90 Å². The molecule has 1 aliphatic carbocycles. The highest BCUT2D eigenvalue weighted by Gasteiger charge is 2.22. The van der Waals surface area contributed by atoms with E-state index in [2.05, 4.69) is 29.2 Å². The molecular weight excluding hydrogens is 314 g/mol. The van der Waals surface area contributed by atoms with E-state index in [1.807, 2.05) is 12.1 Å². The fraction of sp³-hybridized carbons (Fsp3) is 0.286. The maximum Gasteiger partial charge on any atom is 0.189 e. The van der Waals surface area contributed by atoms with E-state index in [1.54, 1.807) is 12.1 Å². The number of ether oxygens (including phenoxy) is 1. The lowest BCUT2D eigenvalue weighted by atomic mass is 9.86. The Kier molecular flexibility index (Phi) is 4.28. The number of carbonyl (C=O) groups excluding carboxylic acids is 1. The molecule has 0 spiro atoms. The summed E-state index contributed by atoms with van der Waals surface area (Å²) in [5.41, 5.74) is 4.67. The topological polar surface area (TPSA) is 49.8 Å². The summed E-state index contributed by atoms with van der Waals surface area (Å²) >= 11 is 0. The lowest BCUT2D eigenvalue weighted by Gasteiger charge is -2.28. The summed E-state index contributed by atoms with van der Waals surface area (Å²) in [5.74, 6) is 0.164. The molecule has 1 N–H and O–H groups in total. The maximum absolute atomic E-state index is 12.7. The summed E-state index contributed by atoms with van der Waals surface area (Å²) < 4.78 is 5.39. The summed E-state index contributed by atoms with van der Waals surface area (Å²) in [4.78, 5) is 15.0. The van der Waals surface area contributed by atoms with Gasteiger partial charge in [-0.1, -0.05) is 18.2 Å². The molecule has 2 aliphatic rings. The Labute approximate surface area is 147 Å². The number of ketones is 1. The van der Waals surface area contributed by atoms with Crippen molar-refractivity contribution in [2.75, 3.05) is 31.2 Å². The number of benzene rings is 2. The fourth-order valence-electron chi connectivity index (χ4n) is 3.49. The predicted octanol–water partition coefficient (Wildman–Crippen LogP) is 3.44. The van der Waals surface area contributed by atoms with Gasteiger partial charge in [0.05, 0.1) is 13.2 Å². The van der Waals surface area contributed by atoms with Gasteiger partial charge in [0.2, 0.25) is 0 Å². The van der Waals surface area contributed by atoms with Crippen molar-refractivity contribution in [3.8, 4) is 5.75 Å². The molecule has 4 nitrogen and oxygen atoms in total. The van der Waals surface area contributed by atoms with Crippen LogP contribution in [-0.2, 0) is 11.2 Å². The van der Waals surface area contributed by atoms with E-state index in [0.717, 1.165) is 55.8 Å². The quantitative estimate of drug-likeness (QED) is 0.854. The molecule has 0 aromatic heterocycles. The minimum atomic E-state index is 0.0226. The second-order valence-electron chi connectivity index (χ2n) is 6.53. The number of anilines is 1. The molecule has 1 heterocycles. The Balaban J connectivity index is 1.55. The van der Waals surface area contributed by atoms with Gasteiger partial charge in [-0.25, -0.2) is 0 Å². The molecule has 0 atom stereocenters. The van der Waals surface area contributed by atoms with Crippen molar-refractivity contribution in [2.24, 2.45) is 0 Å². The van der Waals surface area contributed by atoms with E-state index < -0.39 is 0 Å². The molecule has 4 heteroatoms. The van der Waals surface area contributed by atoms with Gasteiger partial charge in [-0.05, 0) is 54.3 Å². The number of allylic oxidation sites excluding steroid dienone is 1. The van der Waals surface area contributed by atoms with Gasteiger partial charge in [0, 0.05) is 29.9 Å². The number of aromatic hydroxyl groups is 1. The van der Waals surface area contributed by atoms with Crippen LogP contribution in [0.15, 0.2) is 48.0 Å². The van der Waals surface area contributed by atoms with Crippen molar-refractivity contribution in [3.63, 3.8) is 0 Å². The molecule has 1 saturated heterocycles. The normalized spacial score (nSPS) is 19.1. The van der Waals surface area contributed by atoms with E-state index in [1.165, 1.54) is 5.69 Å². The Bertz CT molecular complexity index is 818. The predicted molar refractivity (Wildman–Crippen MR) is 98.2 cm³/mol. The highest BCUT2D eigenvalue weighted by Crippen LogP contribution is 2.29. The number of hydrogen-bond acceptors (Lipinski definition) is 4. The first-order chi connectivity index (χ1) is 12.2. The Morgan fingerprint density at radius 2 is 1.76 bits per heavy atom. The number of fused-ring (bicyclic) bond motifs is 1. The SMILES string of the molecule is O=C1/C(=C/c2ccc(N3CCOCC3)cc2)CCc2ccc(O)cc21. The Hall–Kier alpha value is -2.59. The molecule has 0 radical (unpaired) electrons. The Morgan fingerprint density at radius 3 is 2.52 bits per heavy atom. The van der Waals surface area contributed by atoms with E-state index >= 15 is 0 Å². The molecule has 2 aromatic carbocycles. The van der Waals surface area contributed by atoms with Crippen molar-refractivity contribution < 1.29 is 14.6 Å². The number of phenolic OH excluding ortho intramolecular Hbond substituents is 1. The van der Waals surface area contributed by atoms with Crippen LogP contribution >= 0.6 is 0 Å². The van der Waals surface area contributed by atoms with Crippen LogP contribution in [0.2, 0.25) is 0 Å². The molecule has 0 bridgehead atoms. The third kappa shape index (κ3) is 3.30. The maximum atomic E-state index is 12.7. The second-order valence-corrected chi connectivity index (χ2v) is 6.53. The van der Waals surface area contributed by atoms with Gasteiger partial charge >= 0.3 is 0 Å². The van der Waals surface area contributed by atoms with Crippen LogP contribution in [-0.4, -0.2) is 37.2 Å². The molecule has 1 aliphatic heterocycles. The zero-order chi connectivity index (χ0) is 17.2. The summed E-state index contributed by atoms with van der Waals surface area (Å²) in [6, 6.07) is 13.4. The molecule has 0 amide bonds. The van der Waals surface area contributed by atoms with Gasteiger partial charge < -0.3 is 14.7 Å². The molecule has 0 unspecified atom stereocenters. The summed E-state index contributed by atoms with van der Waals surface area (Å²) in [7, 11) is 0. The van der Waals surface area contributed by atoms with Gasteiger partial charge in [0.25, 0.3) is 0 Å². The molecular formula is C21H21NO3. The number of hydrogen-bond donors (Lipinski definition) is 1. The van der Waals surface area contributed by atoms with Gasteiger partial charge in [0.1, 0.15) is 5.75 Å². The first-order valence-corrected chi connectivity index (χ1v) is 8.71. The standard InChI is InChI=1S/C21H21NO3/c23-19-8-5-16-3-4-17(21(24)20(16)14-19)13-15-1-6-18(7-2-15)22-9-11-25-12-10-22/h1-2,5-8,13-14,23H,3-4,9-12H2/b17-13+. The third-order valence-electron chi connectivity index (χ3n) is 4.90. The van der Waals surface area contributed by atoms with Crippen LogP contribution in [0.1, 0.15) is 27.9 Å². The smallest absolute Gasteiger partial charge is 0.189 e. The number of aryl methyl sites for hydroxylation is 1. The van der Waals surface area contributed by atoms with Crippen LogP contribution in [0.5, 0.6) is 5.75 Å². The van der Waals surface area contributed by atoms with Crippen molar-refractivity contribution in [1.29, 1.82) is 0 Å².